The molecule has 6 nitrogen and oxygen atoms in total. The minimum atomic E-state index is -0.992. The smallest absolute Gasteiger partial charge is 0.397 e. The molecule has 1 aromatic heterocycles. The normalized spacial score (nSPS) is 9.76. The predicted molar refractivity (Wildman–Crippen MR) is 62.8 cm³/mol. The van der Waals surface area contributed by atoms with E-state index >= 15 is 0 Å². The lowest BCUT2D eigenvalue weighted by atomic mass is 10.2. The molecule has 1 aromatic rings. The number of amides is 2. The predicted octanol–water partition coefficient (Wildman–Crippen LogP) is 0.657. The first-order valence-corrected chi connectivity index (χ1v) is 5.71. The van der Waals surface area contributed by atoms with Gasteiger partial charge in [-0.1, -0.05) is 0 Å². The molecule has 7 heteroatoms. The monoisotopic (exact) mass is 256 g/mol. The maximum atomic E-state index is 11.4. The Kier molecular flexibility index (Phi) is 4.22. The summed E-state index contributed by atoms with van der Waals surface area (Å²) in [5.41, 5.74) is 6.04. The first-order valence-electron chi connectivity index (χ1n) is 4.83. The van der Waals surface area contributed by atoms with E-state index in [1.165, 1.54) is 0 Å². The highest BCUT2D eigenvalue weighted by Gasteiger charge is 2.20. The average molecular weight is 256 g/mol. The Hall–Kier alpha value is -1.89. The first kappa shape index (κ1) is 13.2. The van der Waals surface area contributed by atoms with Crippen molar-refractivity contribution in [3.8, 4) is 0 Å². The van der Waals surface area contributed by atoms with Crippen molar-refractivity contribution in [2.24, 2.45) is 5.73 Å². The molecule has 1 heterocycles. The molecule has 0 fully saturated rings. The summed E-state index contributed by atoms with van der Waals surface area (Å²) in [5, 5.41) is 4.23. The average Bonchev–Trinajstić information content (AvgIpc) is 2.60. The van der Waals surface area contributed by atoms with Gasteiger partial charge in [0.15, 0.2) is 0 Å². The van der Waals surface area contributed by atoms with Gasteiger partial charge < -0.3 is 15.8 Å². The number of hydrogen-bond donors (Lipinski definition) is 2. The number of aryl methyl sites for hydroxylation is 1. The summed E-state index contributed by atoms with van der Waals surface area (Å²) in [4.78, 5) is 33.6. The third-order valence-electron chi connectivity index (χ3n) is 1.91. The summed E-state index contributed by atoms with van der Waals surface area (Å²) in [6, 6.07) is 0. The van der Waals surface area contributed by atoms with E-state index in [4.69, 9.17) is 5.73 Å². The summed E-state index contributed by atoms with van der Waals surface area (Å²) in [5.74, 6) is -2.56. The molecule has 0 saturated heterocycles. The van der Waals surface area contributed by atoms with Crippen molar-refractivity contribution < 1.29 is 19.1 Å². The highest BCUT2D eigenvalue weighted by Crippen LogP contribution is 2.27. The van der Waals surface area contributed by atoms with Crippen LogP contribution in [0.2, 0.25) is 0 Å². The second-order valence-corrected chi connectivity index (χ2v) is 4.04. The van der Waals surface area contributed by atoms with Crippen LogP contribution in [0, 0.1) is 6.92 Å². The summed E-state index contributed by atoms with van der Waals surface area (Å²) in [6.45, 7) is 3.39. The molecular weight excluding hydrogens is 244 g/mol. The van der Waals surface area contributed by atoms with Crippen LogP contribution >= 0.6 is 11.3 Å². The van der Waals surface area contributed by atoms with E-state index in [9.17, 15) is 14.4 Å². The second-order valence-electron chi connectivity index (χ2n) is 3.16. The van der Waals surface area contributed by atoms with Gasteiger partial charge in [0, 0.05) is 0 Å². The lowest BCUT2D eigenvalue weighted by molar-refractivity contribution is -0.152. The zero-order valence-corrected chi connectivity index (χ0v) is 10.2. The van der Waals surface area contributed by atoms with Crippen LogP contribution in [-0.4, -0.2) is 24.4 Å². The quantitative estimate of drug-likeness (QED) is 0.613. The minimum Gasteiger partial charge on any atom is -0.459 e. The molecule has 0 atom stereocenters. The van der Waals surface area contributed by atoms with Gasteiger partial charge in [0.25, 0.3) is 5.91 Å². The van der Waals surface area contributed by atoms with E-state index in [0.717, 1.165) is 11.3 Å². The summed E-state index contributed by atoms with van der Waals surface area (Å²) in [6.07, 6.45) is 0. The van der Waals surface area contributed by atoms with Gasteiger partial charge in [-0.25, -0.2) is 4.79 Å². The van der Waals surface area contributed by atoms with Crippen molar-refractivity contribution in [1.29, 1.82) is 0 Å². The van der Waals surface area contributed by atoms with Gasteiger partial charge in [-0.3, -0.25) is 9.59 Å². The summed E-state index contributed by atoms with van der Waals surface area (Å²) in [7, 11) is 0. The fraction of sp³-hybridized carbons (Fsp3) is 0.300. The van der Waals surface area contributed by atoms with Gasteiger partial charge in [-0.2, -0.15) is 0 Å². The molecule has 0 aromatic carbocycles. The number of hydrogen-bond acceptors (Lipinski definition) is 5. The lowest BCUT2D eigenvalue weighted by Gasteiger charge is -2.04. The van der Waals surface area contributed by atoms with E-state index in [1.54, 1.807) is 19.2 Å². The molecule has 17 heavy (non-hydrogen) atoms. The van der Waals surface area contributed by atoms with Crippen LogP contribution in [0.4, 0.5) is 5.00 Å². The van der Waals surface area contributed by atoms with Crippen molar-refractivity contribution >= 4 is 34.1 Å². The SMILES string of the molecule is CCOC(=O)C(=O)Nc1scc(C)c1C(N)=O. The van der Waals surface area contributed by atoms with Crippen LogP contribution in [0.25, 0.3) is 0 Å². The molecule has 0 bridgehead atoms. The molecule has 0 aliphatic rings. The molecule has 0 aliphatic carbocycles. The van der Waals surface area contributed by atoms with Gasteiger partial charge in [-0.15, -0.1) is 11.3 Å². The number of rotatable bonds is 3. The van der Waals surface area contributed by atoms with E-state index in [2.05, 4.69) is 10.1 Å². The number of anilines is 1. The maximum Gasteiger partial charge on any atom is 0.397 e. The highest BCUT2D eigenvalue weighted by molar-refractivity contribution is 7.15. The topological polar surface area (TPSA) is 98.5 Å². The molecule has 92 valence electrons. The molecule has 0 unspecified atom stereocenters. The lowest BCUT2D eigenvalue weighted by Crippen LogP contribution is -2.26. The number of primary amides is 1. The van der Waals surface area contributed by atoms with Crippen LogP contribution in [0.1, 0.15) is 22.8 Å². The van der Waals surface area contributed by atoms with Crippen molar-refractivity contribution in [3.05, 3.63) is 16.5 Å². The number of nitrogens with one attached hydrogen (secondary N) is 1. The number of nitrogens with two attached hydrogens (primary N) is 1. The number of ether oxygens (including phenoxy) is 1. The summed E-state index contributed by atoms with van der Waals surface area (Å²) < 4.78 is 4.52. The van der Waals surface area contributed by atoms with E-state index < -0.39 is 17.8 Å². The molecule has 0 aliphatic heterocycles. The number of carbonyl (C=O) groups excluding carboxylic acids is 3. The second kappa shape index (κ2) is 5.44. The molecule has 0 radical (unpaired) electrons. The Labute approximate surface area is 102 Å². The van der Waals surface area contributed by atoms with Crippen LogP contribution in [0.5, 0.6) is 0 Å². The minimum absolute atomic E-state index is 0.110. The van der Waals surface area contributed by atoms with Gasteiger partial charge in [0.05, 0.1) is 12.2 Å². The van der Waals surface area contributed by atoms with Crippen LogP contribution in [0.15, 0.2) is 5.38 Å². The Morgan fingerprint density at radius 2 is 2.12 bits per heavy atom. The Morgan fingerprint density at radius 1 is 1.47 bits per heavy atom. The third kappa shape index (κ3) is 3.04. The first-order chi connectivity index (χ1) is 7.97. The fourth-order valence-electron chi connectivity index (χ4n) is 1.19. The van der Waals surface area contributed by atoms with Crippen LogP contribution < -0.4 is 11.1 Å². The van der Waals surface area contributed by atoms with Crippen molar-refractivity contribution in [1.82, 2.24) is 0 Å². The van der Waals surface area contributed by atoms with Gasteiger partial charge in [0.1, 0.15) is 5.00 Å². The zero-order valence-electron chi connectivity index (χ0n) is 9.40. The number of carbonyl (C=O) groups is 3. The van der Waals surface area contributed by atoms with Gasteiger partial charge in [-0.05, 0) is 24.8 Å². The van der Waals surface area contributed by atoms with E-state index in [0.29, 0.717) is 5.56 Å². The standard InChI is InChI=1S/C10H12N2O4S/c1-3-16-10(15)8(14)12-9-6(7(11)13)5(2)4-17-9/h4H,3H2,1-2H3,(H2,11,13)(H,12,14). The maximum absolute atomic E-state index is 11.4. The molecule has 2 amide bonds. The molecule has 1 rings (SSSR count). The van der Waals surface area contributed by atoms with Crippen LogP contribution in [0.3, 0.4) is 0 Å². The number of thiophene rings is 1. The van der Waals surface area contributed by atoms with Gasteiger partial charge >= 0.3 is 11.9 Å². The zero-order chi connectivity index (χ0) is 13.0. The highest BCUT2D eigenvalue weighted by atomic mass is 32.1. The van der Waals surface area contributed by atoms with E-state index in [-0.39, 0.29) is 17.2 Å². The summed E-state index contributed by atoms with van der Waals surface area (Å²) >= 11 is 1.13. The molecule has 0 saturated carbocycles. The van der Waals surface area contributed by atoms with E-state index in [1.807, 2.05) is 0 Å². The Morgan fingerprint density at radius 3 is 2.65 bits per heavy atom. The largest absolute Gasteiger partial charge is 0.459 e. The number of esters is 1. The molecular formula is C10H12N2O4S. The third-order valence-corrected chi connectivity index (χ3v) is 2.92. The van der Waals surface area contributed by atoms with Crippen molar-refractivity contribution in [2.75, 3.05) is 11.9 Å². The van der Waals surface area contributed by atoms with Crippen LogP contribution in [-0.2, 0) is 14.3 Å². The van der Waals surface area contributed by atoms with Crippen molar-refractivity contribution in [3.63, 3.8) is 0 Å². The van der Waals surface area contributed by atoms with Gasteiger partial charge in [0.2, 0.25) is 0 Å². The Bertz CT molecular complexity index is 467. The molecule has 3 N–H and O–H groups in total. The molecule has 0 spiro atoms. The fourth-order valence-corrected chi connectivity index (χ4v) is 2.14. The Balaban J connectivity index is 2.85. The van der Waals surface area contributed by atoms with Crippen molar-refractivity contribution in [2.45, 2.75) is 13.8 Å².